The number of thiophene rings is 1. The first-order chi connectivity index (χ1) is 14.6. The number of rotatable bonds is 7. The van der Waals surface area contributed by atoms with Gasteiger partial charge in [-0.25, -0.2) is 13.1 Å². The molecule has 2 heterocycles. The summed E-state index contributed by atoms with van der Waals surface area (Å²) in [6.07, 6.45) is 0.269. The number of aromatic nitrogens is 1. The predicted molar refractivity (Wildman–Crippen MR) is 120 cm³/mol. The van der Waals surface area contributed by atoms with Gasteiger partial charge in [-0.1, -0.05) is 29.7 Å². The van der Waals surface area contributed by atoms with E-state index in [9.17, 15) is 18.0 Å². The number of hydrogen-bond acceptors (Lipinski definition) is 7. The Labute approximate surface area is 188 Å². The number of amides is 1. The maximum absolute atomic E-state index is 13.0. The Balaban J connectivity index is 1.96. The van der Waals surface area contributed by atoms with E-state index in [-0.39, 0.29) is 32.9 Å². The minimum absolute atomic E-state index is 0.0305. The second-order valence-electron chi connectivity index (χ2n) is 6.79. The van der Waals surface area contributed by atoms with E-state index in [4.69, 9.17) is 16.1 Å². The molecule has 1 amide bonds. The van der Waals surface area contributed by atoms with Crippen molar-refractivity contribution in [1.82, 2.24) is 5.16 Å². The van der Waals surface area contributed by atoms with E-state index >= 15 is 0 Å². The third kappa shape index (κ3) is 4.51. The lowest BCUT2D eigenvalue weighted by molar-refractivity contribution is 0.0989. The highest BCUT2D eigenvalue weighted by molar-refractivity contribution is 7.93. The number of carbonyl (C=O) groups is 2. The molecule has 2 aromatic heterocycles. The zero-order valence-electron chi connectivity index (χ0n) is 17.2. The maximum Gasteiger partial charge on any atom is 0.267 e. The normalized spacial score (nSPS) is 11.4. The van der Waals surface area contributed by atoms with Crippen molar-refractivity contribution in [1.29, 1.82) is 0 Å². The first-order valence-corrected chi connectivity index (χ1v) is 12.0. The molecule has 164 valence electrons. The van der Waals surface area contributed by atoms with E-state index in [1.54, 1.807) is 26.8 Å². The van der Waals surface area contributed by atoms with Gasteiger partial charge in [0.2, 0.25) is 0 Å². The van der Waals surface area contributed by atoms with Crippen LogP contribution in [0, 0.1) is 20.8 Å². The first-order valence-electron chi connectivity index (χ1n) is 9.23. The second-order valence-corrected chi connectivity index (χ2v) is 9.74. The van der Waals surface area contributed by atoms with E-state index in [1.807, 2.05) is 13.0 Å². The standard InChI is InChI=1S/C20H20ClN3O5S2/c1-5-14(25)13-7-6-10(2)11(3)17(13)22-19(26)18-15(8-9-30-18)31(27,28)24-20-16(21)12(4)23-29-20/h6-9,24H,5H2,1-4H3,(H,22,26). The van der Waals surface area contributed by atoms with Gasteiger partial charge in [0.1, 0.15) is 20.5 Å². The van der Waals surface area contributed by atoms with E-state index in [0.29, 0.717) is 16.9 Å². The highest BCUT2D eigenvalue weighted by Gasteiger charge is 2.28. The number of anilines is 2. The van der Waals surface area contributed by atoms with Crippen LogP contribution in [0.5, 0.6) is 0 Å². The van der Waals surface area contributed by atoms with Crippen molar-refractivity contribution in [3.05, 3.63) is 55.9 Å². The molecule has 0 unspecified atom stereocenters. The van der Waals surface area contributed by atoms with Crippen LogP contribution in [0.3, 0.4) is 0 Å². The fourth-order valence-electron chi connectivity index (χ4n) is 2.84. The van der Waals surface area contributed by atoms with Gasteiger partial charge < -0.3 is 9.84 Å². The van der Waals surface area contributed by atoms with Gasteiger partial charge in [0.25, 0.3) is 21.8 Å². The van der Waals surface area contributed by atoms with Crippen molar-refractivity contribution in [2.75, 3.05) is 10.0 Å². The van der Waals surface area contributed by atoms with Gasteiger partial charge in [-0.2, -0.15) is 0 Å². The van der Waals surface area contributed by atoms with Crippen molar-refractivity contribution in [2.24, 2.45) is 0 Å². The van der Waals surface area contributed by atoms with Crippen LogP contribution in [0.25, 0.3) is 0 Å². The van der Waals surface area contributed by atoms with Crippen LogP contribution in [-0.2, 0) is 10.0 Å². The maximum atomic E-state index is 13.0. The zero-order chi connectivity index (χ0) is 22.9. The third-order valence-corrected chi connectivity index (χ3v) is 7.60. The van der Waals surface area contributed by atoms with E-state index in [1.165, 1.54) is 11.4 Å². The fourth-order valence-corrected chi connectivity index (χ4v) is 5.34. The molecular weight excluding hydrogens is 462 g/mol. The van der Waals surface area contributed by atoms with Crippen molar-refractivity contribution < 1.29 is 22.5 Å². The summed E-state index contributed by atoms with van der Waals surface area (Å²) in [5.41, 5.74) is 2.69. The lowest BCUT2D eigenvalue weighted by Crippen LogP contribution is -2.20. The van der Waals surface area contributed by atoms with Crippen molar-refractivity contribution >= 4 is 56.2 Å². The summed E-state index contributed by atoms with van der Waals surface area (Å²) in [6.45, 7) is 6.94. The Morgan fingerprint density at radius 3 is 2.52 bits per heavy atom. The Bertz CT molecular complexity index is 1280. The first kappa shape index (κ1) is 23.0. The van der Waals surface area contributed by atoms with Gasteiger partial charge in [-0.05, 0) is 49.4 Å². The average molecular weight is 482 g/mol. The summed E-state index contributed by atoms with van der Waals surface area (Å²) in [4.78, 5) is 25.1. The van der Waals surface area contributed by atoms with Crippen LogP contribution in [0.1, 0.15) is 50.2 Å². The Hall–Kier alpha value is -2.69. The molecule has 2 N–H and O–H groups in total. The molecule has 0 aliphatic rings. The summed E-state index contributed by atoms with van der Waals surface area (Å²) in [5.74, 6) is -1.01. The molecule has 31 heavy (non-hydrogen) atoms. The van der Waals surface area contributed by atoms with E-state index in [0.717, 1.165) is 22.5 Å². The minimum Gasteiger partial charge on any atom is -0.336 e. The van der Waals surface area contributed by atoms with Gasteiger partial charge in [-0.3, -0.25) is 9.59 Å². The number of halogens is 1. The number of nitrogens with zero attached hydrogens (tertiary/aromatic N) is 1. The number of benzene rings is 1. The predicted octanol–water partition coefficient (Wildman–Crippen LogP) is 4.96. The molecule has 0 aliphatic heterocycles. The number of Topliss-reactive ketones (excluding diaryl/α,β-unsaturated/α-hetero) is 1. The molecule has 8 nitrogen and oxygen atoms in total. The summed E-state index contributed by atoms with van der Waals surface area (Å²) in [5, 5.41) is 7.84. The molecule has 0 fully saturated rings. The quantitative estimate of drug-likeness (QED) is 0.460. The van der Waals surface area contributed by atoms with E-state index < -0.39 is 15.9 Å². The zero-order valence-corrected chi connectivity index (χ0v) is 19.6. The van der Waals surface area contributed by atoms with Gasteiger partial charge in [0.05, 0.1) is 5.69 Å². The minimum atomic E-state index is -4.18. The summed E-state index contributed by atoms with van der Waals surface area (Å²) in [6, 6.07) is 4.77. The molecule has 3 aromatic rings. The number of ketones is 1. The van der Waals surface area contributed by atoms with Crippen LogP contribution < -0.4 is 10.0 Å². The van der Waals surface area contributed by atoms with Crippen LogP contribution in [0.4, 0.5) is 11.6 Å². The van der Waals surface area contributed by atoms with Crippen molar-refractivity contribution in [3.63, 3.8) is 0 Å². The smallest absolute Gasteiger partial charge is 0.267 e. The van der Waals surface area contributed by atoms with Gasteiger partial charge in [-0.15, -0.1) is 11.3 Å². The topological polar surface area (TPSA) is 118 Å². The van der Waals surface area contributed by atoms with Crippen LogP contribution in [0.15, 0.2) is 33.0 Å². The van der Waals surface area contributed by atoms with Gasteiger partial charge in [0.15, 0.2) is 5.78 Å². The fraction of sp³-hybridized carbons (Fsp3) is 0.250. The van der Waals surface area contributed by atoms with Crippen LogP contribution in [0.2, 0.25) is 5.02 Å². The largest absolute Gasteiger partial charge is 0.336 e. The monoisotopic (exact) mass is 481 g/mol. The molecule has 0 saturated carbocycles. The Morgan fingerprint density at radius 1 is 1.19 bits per heavy atom. The van der Waals surface area contributed by atoms with Gasteiger partial charge in [0, 0.05) is 12.0 Å². The van der Waals surface area contributed by atoms with Crippen molar-refractivity contribution in [2.45, 2.75) is 39.0 Å². The average Bonchev–Trinajstić information content (AvgIpc) is 3.34. The second kappa shape index (κ2) is 8.81. The van der Waals surface area contributed by atoms with Crippen molar-refractivity contribution in [3.8, 4) is 0 Å². The lowest BCUT2D eigenvalue weighted by Gasteiger charge is -2.15. The SMILES string of the molecule is CCC(=O)c1ccc(C)c(C)c1NC(=O)c1sccc1S(=O)(=O)Nc1onc(C)c1Cl. The Morgan fingerprint density at radius 2 is 1.90 bits per heavy atom. The highest BCUT2D eigenvalue weighted by Crippen LogP contribution is 2.31. The number of aryl methyl sites for hydroxylation is 2. The molecule has 3 rings (SSSR count). The van der Waals surface area contributed by atoms with Crippen LogP contribution >= 0.6 is 22.9 Å². The number of hydrogen-bond donors (Lipinski definition) is 2. The van der Waals surface area contributed by atoms with E-state index in [2.05, 4.69) is 15.2 Å². The number of carbonyl (C=O) groups excluding carboxylic acids is 2. The van der Waals surface area contributed by atoms with Gasteiger partial charge >= 0.3 is 0 Å². The molecule has 0 aliphatic carbocycles. The third-order valence-electron chi connectivity index (χ3n) is 4.74. The molecule has 11 heteroatoms. The highest BCUT2D eigenvalue weighted by atomic mass is 35.5. The number of nitrogens with one attached hydrogen (secondary N) is 2. The molecular formula is C20H20ClN3O5S2. The number of sulfonamides is 1. The molecule has 0 spiro atoms. The molecule has 0 radical (unpaired) electrons. The summed E-state index contributed by atoms with van der Waals surface area (Å²) >= 11 is 6.95. The lowest BCUT2D eigenvalue weighted by atomic mass is 9.99. The Kier molecular flexibility index (Phi) is 6.54. The summed E-state index contributed by atoms with van der Waals surface area (Å²) < 4.78 is 32.8. The molecule has 0 atom stereocenters. The van der Waals surface area contributed by atoms with Crippen LogP contribution in [-0.4, -0.2) is 25.3 Å². The summed E-state index contributed by atoms with van der Waals surface area (Å²) in [7, 11) is -4.18. The molecule has 1 aromatic carbocycles. The molecule has 0 saturated heterocycles. The molecule has 0 bridgehead atoms.